The zero-order chi connectivity index (χ0) is 11.8. The van der Waals surface area contributed by atoms with E-state index in [1.807, 2.05) is 39.0 Å². The summed E-state index contributed by atoms with van der Waals surface area (Å²) >= 11 is 0. The second kappa shape index (κ2) is 3.81. The Kier molecular flexibility index (Phi) is 2.62. The number of anilines is 1. The SMILES string of the molecule is CC(C)(C)NC(=O)c1cccc2c1CCN2. The van der Waals surface area contributed by atoms with Gasteiger partial charge in [0.2, 0.25) is 0 Å². The molecule has 0 saturated heterocycles. The van der Waals surface area contributed by atoms with Gasteiger partial charge in [-0.2, -0.15) is 0 Å². The number of benzene rings is 1. The zero-order valence-electron chi connectivity index (χ0n) is 10.1. The van der Waals surface area contributed by atoms with Gasteiger partial charge in [0.05, 0.1) is 0 Å². The van der Waals surface area contributed by atoms with Crippen LogP contribution in [-0.4, -0.2) is 18.0 Å². The molecule has 0 bridgehead atoms. The Morgan fingerprint density at radius 1 is 1.38 bits per heavy atom. The summed E-state index contributed by atoms with van der Waals surface area (Å²) in [6, 6.07) is 5.85. The number of hydrogen-bond donors (Lipinski definition) is 2. The third-order valence-electron chi connectivity index (χ3n) is 2.60. The van der Waals surface area contributed by atoms with Gasteiger partial charge in [-0.15, -0.1) is 0 Å². The average Bonchev–Trinajstić information content (AvgIpc) is 2.61. The molecule has 0 atom stereocenters. The Bertz CT molecular complexity index is 418. The highest BCUT2D eigenvalue weighted by Gasteiger charge is 2.21. The standard InChI is InChI=1S/C13H18N2O/c1-13(2,3)15-12(16)10-5-4-6-11-9(10)7-8-14-11/h4-6,14H,7-8H2,1-3H3,(H,15,16). The smallest absolute Gasteiger partial charge is 0.252 e. The van der Waals surface area contributed by atoms with Gasteiger partial charge in [0.15, 0.2) is 0 Å². The van der Waals surface area contributed by atoms with Crippen LogP contribution < -0.4 is 10.6 Å². The van der Waals surface area contributed by atoms with E-state index in [0.29, 0.717) is 0 Å². The van der Waals surface area contributed by atoms with E-state index in [0.717, 1.165) is 29.8 Å². The van der Waals surface area contributed by atoms with E-state index in [9.17, 15) is 4.79 Å². The summed E-state index contributed by atoms with van der Waals surface area (Å²) in [6.45, 7) is 6.90. The minimum absolute atomic E-state index is 0.0213. The van der Waals surface area contributed by atoms with Gasteiger partial charge in [0, 0.05) is 23.3 Å². The van der Waals surface area contributed by atoms with Crippen molar-refractivity contribution in [3.63, 3.8) is 0 Å². The Hall–Kier alpha value is -1.51. The lowest BCUT2D eigenvalue weighted by molar-refractivity contribution is 0.0919. The van der Waals surface area contributed by atoms with E-state index in [1.54, 1.807) is 0 Å². The van der Waals surface area contributed by atoms with Gasteiger partial charge in [-0.25, -0.2) is 0 Å². The molecule has 1 heterocycles. The van der Waals surface area contributed by atoms with Crippen molar-refractivity contribution in [2.24, 2.45) is 0 Å². The molecular formula is C13H18N2O. The largest absolute Gasteiger partial charge is 0.384 e. The average molecular weight is 218 g/mol. The summed E-state index contributed by atoms with van der Waals surface area (Å²) in [6.07, 6.45) is 0.934. The molecule has 1 aromatic carbocycles. The van der Waals surface area contributed by atoms with Crippen molar-refractivity contribution in [3.05, 3.63) is 29.3 Å². The topological polar surface area (TPSA) is 41.1 Å². The highest BCUT2D eigenvalue weighted by Crippen LogP contribution is 2.25. The number of amides is 1. The number of fused-ring (bicyclic) bond motifs is 1. The second-order valence-electron chi connectivity index (χ2n) is 5.21. The molecule has 0 aromatic heterocycles. The van der Waals surface area contributed by atoms with E-state index in [1.165, 1.54) is 0 Å². The zero-order valence-corrected chi connectivity index (χ0v) is 10.1. The van der Waals surface area contributed by atoms with Crippen LogP contribution in [0.25, 0.3) is 0 Å². The van der Waals surface area contributed by atoms with Crippen LogP contribution in [0.2, 0.25) is 0 Å². The molecule has 0 aliphatic carbocycles. The Morgan fingerprint density at radius 2 is 2.12 bits per heavy atom. The van der Waals surface area contributed by atoms with Crippen LogP contribution in [0.3, 0.4) is 0 Å². The van der Waals surface area contributed by atoms with Crippen molar-refractivity contribution in [2.45, 2.75) is 32.7 Å². The molecule has 1 aliphatic heterocycles. The molecule has 0 unspecified atom stereocenters. The predicted molar refractivity (Wildman–Crippen MR) is 65.9 cm³/mol. The van der Waals surface area contributed by atoms with E-state index in [2.05, 4.69) is 10.6 Å². The first-order valence-corrected chi connectivity index (χ1v) is 5.66. The monoisotopic (exact) mass is 218 g/mol. The van der Waals surface area contributed by atoms with E-state index in [4.69, 9.17) is 0 Å². The number of carbonyl (C=O) groups excluding carboxylic acids is 1. The van der Waals surface area contributed by atoms with Crippen molar-refractivity contribution in [1.82, 2.24) is 5.32 Å². The third-order valence-corrected chi connectivity index (χ3v) is 2.60. The van der Waals surface area contributed by atoms with Gasteiger partial charge >= 0.3 is 0 Å². The van der Waals surface area contributed by atoms with Gasteiger partial charge in [-0.1, -0.05) is 6.07 Å². The van der Waals surface area contributed by atoms with Crippen LogP contribution in [0.4, 0.5) is 5.69 Å². The molecule has 3 nitrogen and oxygen atoms in total. The van der Waals surface area contributed by atoms with Crippen molar-refractivity contribution >= 4 is 11.6 Å². The summed E-state index contributed by atoms with van der Waals surface area (Å²) in [5.74, 6) is 0.0213. The van der Waals surface area contributed by atoms with Crippen LogP contribution >= 0.6 is 0 Å². The highest BCUT2D eigenvalue weighted by molar-refractivity contribution is 5.97. The Morgan fingerprint density at radius 3 is 2.81 bits per heavy atom. The first kappa shape index (κ1) is 11.0. The fourth-order valence-electron chi connectivity index (χ4n) is 1.96. The Balaban J connectivity index is 2.28. The van der Waals surface area contributed by atoms with Gasteiger partial charge in [0.25, 0.3) is 5.91 Å². The Labute approximate surface area is 96.2 Å². The number of nitrogens with one attached hydrogen (secondary N) is 2. The van der Waals surface area contributed by atoms with Crippen LogP contribution in [0, 0.1) is 0 Å². The summed E-state index contributed by atoms with van der Waals surface area (Å²) < 4.78 is 0. The normalized spacial score (nSPS) is 14.2. The van der Waals surface area contributed by atoms with Crippen molar-refractivity contribution in [1.29, 1.82) is 0 Å². The predicted octanol–water partition coefficient (Wildman–Crippen LogP) is 2.18. The first-order chi connectivity index (χ1) is 7.47. The van der Waals surface area contributed by atoms with Crippen LogP contribution in [0.1, 0.15) is 36.7 Å². The number of hydrogen-bond acceptors (Lipinski definition) is 2. The summed E-state index contributed by atoms with van der Waals surface area (Å²) in [5.41, 5.74) is 2.86. The maximum Gasteiger partial charge on any atom is 0.252 e. The lowest BCUT2D eigenvalue weighted by atomic mass is 10.0. The second-order valence-corrected chi connectivity index (χ2v) is 5.21. The van der Waals surface area contributed by atoms with Gasteiger partial charge in [0.1, 0.15) is 0 Å². The third kappa shape index (κ3) is 2.18. The fraction of sp³-hybridized carbons (Fsp3) is 0.462. The molecule has 1 amide bonds. The summed E-state index contributed by atoms with van der Waals surface area (Å²) in [5, 5.41) is 6.28. The molecule has 2 N–H and O–H groups in total. The first-order valence-electron chi connectivity index (χ1n) is 5.66. The van der Waals surface area contributed by atoms with Crippen molar-refractivity contribution in [2.75, 3.05) is 11.9 Å². The molecule has 0 fully saturated rings. The molecule has 1 aromatic rings. The van der Waals surface area contributed by atoms with Crippen molar-refractivity contribution < 1.29 is 4.79 Å². The molecular weight excluding hydrogens is 200 g/mol. The van der Waals surface area contributed by atoms with Crippen LogP contribution in [0.5, 0.6) is 0 Å². The molecule has 1 aliphatic rings. The number of rotatable bonds is 1. The molecule has 0 spiro atoms. The molecule has 16 heavy (non-hydrogen) atoms. The van der Waals surface area contributed by atoms with Gasteiger partial charge in [-0.05, 0) is 44.9 Å². The summed E-state index contributed by atoms with van der Waals surface area (Å²) in [4.78, 5) is 12.1. The van der Waals surface area contributed by atoms with E-state index < -0.39 is 0 Å². The minimum atomic E-state index is -0.189. The van der Waals surface area contributed by atoms with Crippen LogP contribution in [-0.2, 0) is 6.42 Å². The fourth-order valence-corrected chi connectivity index (χ4v) is 1.96. The van der Waals surface area contributed by atoms with E-state index in [-0.39, 0.29) is 11.4 Å². The van der Waals surface area contributed by atoms with E-state index >= 15 is 0 Å². The van der Waals surface area contributed by atoms with Gasteiger partial charge < -0.3 is 10.6 Å². The molecule has 86 valence electrons. The molecule has 0 saturated carbocycles. The maximum atomic E-state index is 12.1. The van der Waals surface area contributed by atoms with Crippen molar-refractivity contribution in [3.8, 4) is 0 Å². The summed E-state index contributed by atoms with van der Waals surface area (Å²) in [7, 11) is 0. The van der Waals surface area contributed by atoms with Crippen LogP contribution in [0.15, 0.2) is 18.2 Å². The molecule has 2 rings (SSSR count). The quantitative estimate of drug-likeness (QED) is 0.758. The lowest BCUT2D eigenvalue weighted by Gasteiger charge is -2.21. The molecule has 3 heteroatoms. The minimum Gasteiger partial charge on any atom is -0.384 e. The number of carbonyl (C=O) groups is 1. The molecule has 0 radical (unpaired) electrons. The lowest BCUT2D eigenvalue weighted by Crippen LogP contribution is -2.40. The maximum absolute atomic E-state index is 12.1. The highest BCUT2D eigenvalue weighted by atomic mass is 16.1. The van der Waals surface area contributed by atoms with Gasteiger partial charge in [-0.3, -0.25) is 4.79 Å².